The third kappa shape index (κ3) is 4.53. The van der Waals surface area contributed by atoms with Crippen molar-refractivity contribution < 1.29 is 19.1 Å². The van der Waals surface area contributed by atoms with E-state index >= 15 is 0 Å². The molecule has 4 rings (SSSR count). The zero-order chi connectivity index (χ0) is 22.8. The number of benzene rings is 3. The first-order valence-corrected chi connectivity index (χ1v) is 11.1. The van der Waals surface area contributed by atoms with Crippen LogP contribution in [0.5, 0.6) is 0 Å². The van der Waals surface area contributed by atoms with Crippen LogP contribution in [0, 0.1) is 19.8 Å². The predicted molar refractivity (Wildman–Crippen MR) is 128 cm³/mol. The van der Waals surface area contributed by atoms with Crippen molar-refractivity contribution in [2.24, 2.45) is 5.92 Å². The molecule has 1 heterocycles. The molecule has 164 valence electrons. The molecule has 0 radical (unpaired) electrons. The lowest BCUT2D eigenvalue weighted by atomic mass is 10.1. The number of ether oxygens (including phenoxy) is 1. The van der Waals surface area contributed by atoms with Gasteiger partial charge in [-0.25, -0.2) is 0 Å². The van der Waals surface area contributed by atoms with Crippen molar-refractivity contribution in [3.63, 3.8) is 0 Å². The molecule has 0 bridgehead atoms. The lowest BCUT2D eigenvalue weighted by Crippen LogP contribution is -2.28. The molecule has 1 atom stereocenters. The Labute approximate surface area is 194 Å². The number of carbonyl (C=O) groups is 3. The Kier molecular flexibility index (Phi) is 6.28. The zero-order valence-corrected chi connectivity index (χ0v) is 19.4. The van der Waals surface area contributed by atoms with E-state index in [1.807, 2.05) is 68.4 Å². The average Bonchev–Trinajstić information content (AvgIpc) is 3.17. The van der Waals surface area contributed by atoms with Crippen LogP contribution < -0.4 is 10.2 Å². The number of hydrogen-bond acceptors (Lipinski definition) is 4. The van der Waals surface area contributed by atoms with Gasteiger partial charge in [-0.05, 0) is 48.6 Å². The smallest absolute Gasteiger partial charge is 0.311 e. The fourth-order valence-corrected chi connectivity index (χ4v) is 4.24. The van der Waals surface area contributed by atoms with Gasteiger partial charge in [0.1, 0.15) is 0 Å². The van der Waals surface area contributed by atoms with E-state index in [2.05, 4.69) is 21.2 Å². The van der Waals surface area contributed by atoms with E-state index in [-0.39, 0.29) is 18.9 Å². The summed E-state index contributed by atoms with van der Waals surface area (Å²) in [6.07, 6.45) is 0.0643. The van der Waals surface area contributed by atoms with E-state index in [0.717, 1.165) is 32.1 Å². The first kappa shape index (κ1) is 22.0. The minimum atomic E-state index is -0.605. The summed E-state index contributed by atoms with van der Waals surface area (Å²) in [5.41, 5.74) is 3.41. The van der Waals surface area contributed by atoms with E-state index in [0.29, 0.717) is 5.69 Å². The monoisotopic (exact) mass is 494 g/mol. The summed E-state index contributed by atoms with van der Waals surface area (Å²) in [7, 11) is 0. The number of aryl methyl sites for hydroxylation is 2. The second-order valence-corrected chi connectivity index (χ2v) is 8.78. The lowest BCUT2D eigenvalue weighted by molar-refractivity contribution is -0.151. The van der Waals surface area contributed by atoms with Crippen LogP contribution in [0.25, 0.3) is 10.8 Å². The zero-order valence-electron chi connectivity index (χ0n) is 17.9. The molecule has 0 aromatic heterocycles. The minimum Gasteiger partial charge on any atom is -0.455 e. The number of hydrogen-bond donors (Lipinski definition) is 1. The van der Waals surface area contributed by atoms with E-state index in [4.69, 9.17) is 4.74 Å². The molecule has 6 nitrogen and oxygen atoms in total. The Bertz CT molecular complexity index is 1200. The van der Waals surface area contributed by atoms with Gasteiger partial charge in [-0.2, -0.15) is 0 Å². The van der Waals surface area contributed by atoms with Crippen LogP contribution in [0.2, 0.25) is 0 Å². The molecule has 1 saturated heterocycles. The van der Waals surface area contributed by atoms with Crippen LogP contribution >= 0.6 is 15.9 Å². The molecule has 3 aromatic rings. The second kappa shape index (κ2) is 9.12. The number of nitrogens with one attached hydrogen (secondary N) is 1. The van der Waals surface area contributed by atoms with Crippen molar-refractivity contribution in [2.75, 3.05) is 23.4 Å². The molecule has 1 N–H and O–H groups in total. The Hall–Kier alpha value is -3.19. The fraction of sp³-hybridized carbons (Fsp3) is 0.240. The summed E-state index contributed by atoms with van der Waals surface area (Å²) < 4.78 is 6.21. The third-order valence-corrected chi connectivity index (χ3v) is 6.83. The first-order chi connectivity index (χ1) is 15.3. The van der Waals surface area contributed by atoms with Gasteiger partial charge in [-0.1, -0.05) is 52.3 Å². The third-order valence-electron chi connectivity index (χ3n) is 5.58. The molecule has 0 saturated carbocycles. The van der Waals surface area contributed by atoms with Crippen LogP contribution in [0.3, 0.4) is 0 Å². The van der Waals surface area contributed by atoms with E-state index in [1.165, 1.54) is 0 Å². The number of carbonyl (C=O) groups excluding carboxylic acids is 3. The van der Waals surface area contributed by atoms with Crippen LogP contribution in [-0.4, -0.2) is 30.9 Å². The maximum atomic E-state index is 12.6. The minimum absolute atomic E-state index is 0.0643. The van der Waals surface area contributed by atoms with Crippen molar-refractivity contribution in [3.8, 4) is 0 Å². The van der Waals surface area contributed by atoms with Gasteiger partial charge in [-0.3, -0.25) is 14.4 Å². The van der Waals surface area contributed by atoms with Crippen molar-refractivity contribution in [2.45, 2.75) is 20.3 Å². The normalized spacial score (nSPS) is 15.8. The molecule has 3 aromatic carbocycles. The molecule has 1 aliphatic rings. The summed E-state index contributed by atoms with van der Waals surface area (Å²) in [5.74, 6) is -1.70. The van der Waals surface area contributed by atoms with Crippen molar-refractivity contribution in [1.82, 2.24) is 0 Å². The predicted octanol–water partition coefficient (Wildman–Crippen LogP) is 4.75. The van der Waals surface area contributed by atoms with Crippen LogP contribution in [-0.2, 0) is 19.1 Å². The van der Waals surface area contributed by atoms with Gasteiger partial charge in [0, 0.05) is 28.5 Å². The number of fused-ring (bicyclic) bond motifs is 1. The first-order valence-electron chi connectivity index (χ1n) is 10.3. The van der Waals surface area contributed by atoms with Gasteiger partial charge in [0.15, 0.2) is 6.61 Å². The molecule has 0 aliphatic carbocycles. The van der Waals surface area contributed by atoms with Crippen LogP contribution in [0.1, 0.15) is 17.5 Å². The molecule has 7 heteroatoms. The number of amides is 2. The highest BCUT2D eigenvalue weighted by Gasteiger charge is 2.36. The summed E-state index contributed by atoms with van der Waals surface area (Å²) in [4.78, 5) is 39.1. The molecule has 0 spiro atoms. The van der Waals surface area contributed by atoms with E-state index < -0.39 is 24.4 Å². The summed E-state index contributed by atoms with van der Waals surface area (Å²) in [6, 6.07) is 17.3. The number of esters is 1. The summed E-state index contributed by atoms with van der Waals surface area (Å²) >= 11 is 3.49. The van der Waals surface area contributed by atoms with Crippen molar-refractivity contribution in [3.05, 3.63) is 70.2 Å². The van der Waals surface area contributed by atoms with Crippen molar-refractivity contribution in [1.29, 1.82) is 0 Å². The van der Waals surface area contributed by atoms with E-state index in [9.17, 15) is 14.4 Å². The highest BCUT2D eigenvalue weighted by molar-refractivity contribution is 9.10. The van der Waals surface area contributed by atoms with Gasteiger partial charge in [-0.15, -0.1) is 0 Å². The largest absolute Gasteiger partial charge is 0.455 e. The highest BCUT2D eigenvalue weighted by Crippen LogP contribution is 2.32. The molecule has 1 aliphatic heterocycles. The number of anilines is 2. The molecule has 2 amide bonds. The van der Waals surface area contributed by atoms with E-state index in [1.54, 1.807) is 4.90 Å². The van der Waals surface area contributed by atoms with Gasteiger partial charge < -0.3 is 15.0 Å². The standard InChI is InChI=1S/C25H23BrN2O4/c1-15-10-19(11-16(2)24(15)26)27-22(29)14-32-25(31)18-12-23(30)28(13-18)21-9-5-7-17-6-3-4-8-20(17)21/h3-11,18H,12-14H2,1-2H3,(H,27,29)/t18-/m0/s1. The van der Waals surface area contributed by atoms with Gasteiger partial charge >= 0.3 is 5.97 Å². The highest BCUT2D eigenvalue weighted by atomic mass is 79.9. The van der Waals surface area contributed by atoms with Gasteiger partial charge in [0.25, 0.3) is 5.91 Å². The molecule has 1 fully saturated rings. The molecular formula is C25H23BrN2O4. The molecule has 0 unspecified atom stereocenters. The summed E-state index contributed by atoms with van der Waals surface area (Å²) in [6.45, 7) is 3.71. The quantitative estimate of drug-likeness (QED) is 0.519. The van der Waals surface area contributed by atoms with Gasteiger partial charge in [0.05, 0.1) is 11.6 Å². The Morgan fingerprint density at radius 1 is 1.09 bits per heavy atom. The van der Waals surface area contributed by atoms with Crippen LogP contribution in [0.4, 0.5) is 11.4 Å². The maximum absolute atomic E-state index is 12.6. The Balaban J connectivity index is 1.37. The summed E-state index contributed by atoms with van der Waals surface area (Å²) in [5, 5.41) is 4.73. The second-order valence-electron chi connectivity index (χ2n) is 7.98. The maximum Gasteiger partial charge on any atom is 0.311 e. The number of nitrogens with zero attached hydrogens (tertiary/aromatic N) is 1. The van der Waals surface area contributed by atoms with Gasteiger partial charge in [0.2, 0.25) is 5.91 Å². The fourth-order valence-electron chi connectivity index (χ4n) is 4.01. The molecular weight excluding hydrogens is 472 g/mol. The van der Waals surface area contributed by atoms with Crippen molar-refractivity contribution >= 4 is 55.9 Å². The SMILES string of the molecule is Cc1cc(NC(=O)COC(=O)[C@H]2CC(=O)N(c3cccc4ccccc34)C2)cc(C)c1Br. The molecule has 32 heavy (non-hydrogen) atoms. The number of rotatable bonds is 5. The lowest BCUT2D eigenvalue weighted by Gasteiger charge is -2.18. The Morgan fingerprint density at radius 2 is 1.78 bits per heavy atom. The number of halogens is 1. The Morgan fingerprint density at radius 3 is 2.53 bits per heavy atom. The topological polar surface area (TPSA) is 75.7 Å². The average molecular weight is 495 g/mol. The van der Waals surface area contributed by atoms with Crippen LogP contribution in [0.15, 0.2) is 59.1 Å².